The molecule has 26 heavy (non-hydrogen) atoms. The van der Waals surface area contributed by atoms with Gasteiger partial charge in [-0.25, -0.2) is 4.98 Å². The lowest BCUT2D eigenvalue weighted by atomic mass is 10.1. The van der Waals surface area contributed by atoms with Gasteiger partial charge in [-0.2, -0.15) is 0 Å². The van der Waals surface area contributed by atoms with Crippen molar-refractivity contribution in [1.29, 1.82) is 0 Å². The molecular formula is C20H19N3O3. The monoisotopic (exact) mass is 349 g/mol. The zero-order valence-electron chi connectivity index (χ0n) is 14.3. The molecule has 0 unspecified atom stereocenters. The summed E-state index contributed by atoms with van der Waals surface area (Å²) in [5.41, 5.74) is 1.25. The number of para-hydroxylation sites is 2. The van der Waals surface area contributed by atoms with Gasteiger partial charge in [-0.1, -0.05) is 30.3 Å². The van der Waals surface area contributed by atoms with Crippen molar-refractivity contribution in [3.63, 3.8) is 0 Å². The maximum Gasteiger partial charge on any atom is 0.261 e. The number of phenols is 1. The number of nitrogens with zero attached hydrogens (tertiary/aromatic N) is 3. The van der Waals surface area contributed by atoms with Gasteiger partial charge in [0, 0.05) is 31.6 Å². The van der Waals surface area contributed by atoms with Crippen molar-refractivity contribution in [1.82, 2.24) is 14.5 Å². The Morgan fingerprint density at radius 2 is 1.81 bits per heavy atom. The van der Waals surface area contributed by atoms with Crippen LogP contribution in [0.2, 0.25) is 0 Å². The number of carbonyl (C=O) groups excluding carboxylic acids is 1. The van der Waals surface area contributed by atoms with Crippen molar-refractivity contribution in [2.24, 2.45) is 0 Å². The minimum Gasteiger partial charge on any atom is -0.508 e. The van der Waals surface area contributed by atoms with Gasteiger partial charge in [-0.3, -0.25) is 14.2 Å². The molecule has 2 aromatic carbocycles. The zero-order chi connectivity index (χ0) is 18.1. The number of aromatic nitrogens is 2. The molecule has 1 aromatic heterocycles. The number of phenolic OH excluding ortho intramolecular Hbond substituents is 1. The van der Waals surface area contributed by atoms with E-state index in [1.165, 1.54) is 0 Å². The van der Waals surface area contributed by atoms with Crippen LogP contribution in [0.4, 0.5) is 0 Å². The number of hydrogen-bond acceptors (Lipinski definition) is 4. The molecule has 1 aliphatic heterocycles. The lowest BCUT2D eigenvalue weighted by Crippen LogP contribution is -2.35. The lowest BCUT2D eigenvalue weighted by Gasteiger charge is -2.20. The SMILES string of the molecule is O=C(Cc1ccccc1O)N1CCc2nc3ccccc3c(=O)n2CC1. The smallest absolute Gasteiger partial charge is 0.261 e. The molecule has 4 rings (SSSR count). The average molecular weight is 349 g/mol. The molecule has 0 bridgehead atoms. The Labute approximate surface area is 150 Å². The van der Waals surface area contributed by atoms with Crippen LogP contribution in [0.25, 0.3) is 10.9 Å². The number of fused-ring (bicyclic) bond motifs is 2. The largest absolute Gasteiger partial charge is 0.508 e. The number of aromatic hydroxyl groups is 1. The first kappa shape index (κ1) is 16.3. The van der Waals surface area contributed by atoms with Crippen LogP contribution in [-0.2, 0) is 24.2 Å². The third-order valence-corrected chi connectivity index (χ3v) is 4.83. The van der Waals surface area contributed by atoms with Gasteiger partial charge < -0.3 is 10.0 Å². The summed E-state index contributed by atoms with van der Waals surface area (Å²) in [6, 6.07) is 14.2. The lowest BCUT2D eigenvalue weighted by molar-refractivity contribution is -0.130. The number of benzene rings is 2. The molecule has 0 saturated carbocycles. The van der Waals surface area contributed by atoms with E-state index in [9.17, 15) is 14.7 Å². The fourth-order valence-electron chi connectivity index (χ4n) is 3.39. The van der Waals surface area contributed by atoms with Crippen LogP contribution >= 0.6 is 0 Å². The van der Waals surface area contributed by atoms with E-state index in [0.717, 1.165) is 0 Å². The van der Waals surface area contributed by atoms with Gasteiger partial charge in [0.15, 0.2) is 0 Å². The topological polar surface area (TPSA) is 75.4 Å². The molecule has 0 spiro atoms. The highest BCUT2D eigenvalue weighted by Crippen LogP contribution is 2.18. The molecule has 1 aliphatic rings. The summed E-state index contributed by atoms with van der Waals surface area (Å²) >= 11 is 0. The number of carbonyl (C=O) groups is 1. The van der Waals surface area contributed by atoms with Crippen LogP contribution in [-0.4, -0.2) is 38.6 Å². The Kier molecular flexibility index (Phi) is 4.16. The zero-order valence-corrected chi connectivity index (χ0v) is 14.3. The first-order valence-electron chi connectivity index (χ1n) is 8.66. The molecule has 6 heteroatoms. The summed E-state index contributed by atoms with van der Waals surface area (Å²) < 4.78 is 1.68. The van der Waals surface area contributed by atoms with E-state index in [0.29, 0.717) is 48.3 Å². The Bertz CT molecular complexity index is 1040. The van der Waals surface area contributed by atoms with Gasteiger partial charge in [0.1, 0.15) is 11.6 Å². The molecule has 6 nitrogen and oxygen atoms in total. The number of hydrogen-bond donors (Lipinski definition) is 1. The minimum absolute atomic E-state index is 0.0550. The average Bonchev–Trinajstić information content (AvgIpc) is 2.87. The normalized spacial score (nSPS) is 14.1. The molecule has 0 atom stereocenters. The molecule has 132 valence electrons. The highest BCUT2D eigenvalue weighted by atomic mass is 16.3. The third kappa shape index (κ3) is 2.94. The molecule has 1 N–H and O–H groups in total. The summed E-state index contributed by atoms with van der Waals surface area (Å²) in [6.07, 6.45) is 0.680. The van der Waals surface area contributed by atoms with Crippen molar-refractivity contribution in [3.8, 4) is 5.75 Å². The first-order chi connectivity index (χ1) is 12.6. The van der Waals surface area contributed by atoms with E-state index < -0.39 is 0 Å². The standard InChI is InChI=1S/C20H19N3O3/c24-17-8-4-1-5-14(17)13-19(25)22-10-9-18-21-16-7-3-2-6-15(16)20(26)23(18)12-11-22/h1-8,24H,9-13H2. The van der Waals surface area contributed by atoms with Gasteiger partial charge in [0.2, 0.25) is 5.91 Å². The van der Waals surface area contributed by atoms with Crippen LogP contribution < -0.4 is 5.56 Å². The number of amides is 1. The van der Waals surface area contributed by atoms with Crippen molar-refractivity contribution in [3.05, 3.63) is 70.3 Å². The molecule has 0 fully saturated rings. The minimum atomic E-state index is -0.0584. The summed E-state index contributed by atoms with van der Waals surface area (Å²) in [5, 5.41) is 10.5. The molecule has 1 amide bonds. The highest BCUT2D eigenvalue weighted by molar-refractivity contribution is 5.80. The Morgan fingerprint density at radius 3 is 2.65 bits per heavy atom. The van der Waals surface area contributed by atoms with Crippen molar-refractivity contribution in [2.75, 3.05) is 13.1 Å². The van der Waals surface area contributed by atoms with Crippen molar-refractivity contribution in [2.45, 2.75) is 19.4 Å². The first-order valence-corrected chi connectivity index (χ1v) is 8.66. The predicted octanol–water partition coefficient (Wildman–Crippen LogP) is 1.73. The van der Waals surface area contributed by atoms with E-state index in [1.54, 1.807) is 39.8 Å². The summed E-state index contributed by atoms with van der Waals surface area (Å²) in [7, 11) is 0. The van der Waals surface area contributed by atoms with E-state index in [4.69, 9.17) is 0 Å². The quantitative estimate of drug-likeness (QED) is 0.764. The second-order valence-corrected chi connectivity index (χ2v) is 6.44. The van der Waals surface area contributed by atoms with E-state index >= 15 is 0 Å². The Balaban J connectivity index is 1.57. The summed E-state index contributed by atoms with van der Waals surface area (Å²) in [5.74, 6) is 0.784. The van der Waals surface area contributed by atoms with Crippen molar-refractivity contribution < 1.29 is 9.90 Å². The predicted molar refractivity (Wildman–Crippen MR) is 98.1 cm³/mol. The van der Waals surface area contributed by atoms with Gasteiger partial charge in [0.05, 0.1) is 17.3 Å². The highest BCUT2D eigenvalue weighted by Gasteiger charge is 2.21. The molecule has 0 aliphatic carbocycles. The van der Waals surface area contributed by atoms with Gasteiger partial charge in [-0.15, -0.1) is 0 Å². The molecule has 0 radical (unpaired) electrons. The van der Waals surface area contributed by atoms with Gasteiger partial charge in [-0.05, 0) is 18.2 Å². The second kappa shape index (κ2) is 6.63. The maximum absolute atomic E-state index is 12.7. The van der Waals surface area contributed by atoms with Crippen LogP contribution in [0.3, 0.4) is 0 Å². The van der Waals surface area contributed by atoms with Gasteiger partial charge >= 0.3 is 0 Å². The van der Waals surface area contributed by atoms with Crippen LogP contribution in [0.5, 0.6) is 5.75 Å². The third-order valence-electron chi connectivity index (χ3n) is 4.83. The van der Waals surface area contributed by atoms with E-state index in [2.05, 4.69) is 4.98 Å². The number of rotatable bonds is 2. The van der Waals surface area contributed by atoms with Gasteiger partial charge in [0.25, 0.3) is 5.56 Å². The molecule has 3 aromatic rings. The Hall–Kier alpha value is -3.15. The maximum atomic E-state index is 12.7. The van der Waals surface area contributed by atoms with Crippen LogP contribution in [0, 0.1) is 0 Å². The second-order valence-electron chi connectivity index (χ2n) is 6.44. The fraction of sp³-hybridized carbons (Fsp3) is 0.250. The summed E-state index contributed by atoms with van der Waals surface area (Å²) in [6.45, 7) is 1.40. The molecular weight excluding hydrogens is 330 g/mol. The van der Waals surface area contributed by atoms with Crippen LogP contribution in [0.15, 0.2) is 53.3 Å². The molecule has 0 saturated heterocycles. The fourth-order valence-corrected chi connectivity index (χ4v) is 3.39. The van der Waals surface area contributed by atoms with Crippen molar-refractivity contribution >= 4 is 16.8 Å². The van der Waals surface area contributed by atoms with E-state index in [-0.39, 0.29) is 23.6 Å². The molecule has 2 heterocycles. The summed E-state index contributed by atoms with van der Waals surface area (Å²) in [4.78, 5) is 31.7. The van der Waals surface area contributed by atoms with Crippen LogP contribution in [0.1, 0.15) is 11.4 Å². The van der Waals surface area contributed by atoms with E-state index in [1.807, 2.05) is 18.2 Å². The Morgan fingerprint density at radius 1 is 1.04 bits per heavy atom.